The van der Waals surface area contributed by atoms with Crippen LogP contribution < -0.4 is 5.32 Å². The number of carbonyl (C=O) groups excluding carboxylic acids is 1. The largest absolute Gasteiger partial charge is 0.338 e. The summed E-state index contributed by atoms with van der Waals surface area (Å²) >= 11 is 2.08. The van der Waals surface area contributed by atoms with Crippen LogP contribution in [-0.2, 0) is 4.79 Å². The molecule has 0 aromatic rings. The molecule has 106 valence electrons. The Morgan fingerprint density at radius 1 is 1.44 bits per heavy atom. The van der Waals surface area contributed by atoms with Gasteiger partial charge in [0.1, 0.15) is 0 Å². The summed E-state index contributed by atoms with van der Waals surface area (Å²) in [7, 11) is 1.92. The van der Waals surface area contributed by atoms with E-state index >= 15 is 0 Å². The van der Waals surface area contributed by atoms with E-state index in [-0.39, 0.29) is 18.3 Å². The second-order valence-electron chi connectivity index (χ2n) is 5.25. The summed E-state index contributed by atoms with van der Waals surface area (Å²) in [5.74, 6) is 1.60. The number of thioether (sulfide) groups is 1. The molecule has 1 heterocycles. The van der Waals surface area contributed by atoms with Crippen LogP contribution in [0.3, 0.4) is 0 Å². The smallest absolute Gasteiger partial charge is 0.226 e. The summed E-state index contributed by atoms with van der Waals surface area (Å²) in [6.45, 7) is 3.79. The second-order valence-corrected chi connectivity index (χ2v) is 6.60. The Kier molecular flexibility index (Phi) is 6.82. The van der Waals surface area contributed by atoms with Crippen molar-refractivity contribution in [3.63, 3.8) is 0 Å². The van der Waals surface area contributed by atoms with E-state index in [0.717, 1.165) is 18.8 Å². The summed E-state index contributed by atoms with van der Waals surface area (Å²) in [5, 5.41) is 3.82. The Labute approximate surface area is 121 Å². The lowest BCUT2D eigenvalue weighted by atomic mass is 9.92. The van der Waals surface area contributed by atoms with Gasteiger partial charge in [0, 0.05) is 36.1 Å². The average molecular weight is 293 g/mol. The fraction of sp³-hybridized carbons (Fsp3) is 0.923. The van der Waals surface area contributed by atoms with Gasteiger partial charge in [0.15, 0.2) is 0 Å². The van der Waals surface area contributed by atoms with E-state index < -0.39 is 0 Å². The number of rotatable bonds is 3. The fourth-order valence-electron chi connectivity index (χ4n) is 3.05. The Bertz CT molecular complexity index is 276. The van der Waals surface area contributed by atoms with E-state index in [2.05, 4.69) is 22.0 Å². The van der Waals surface area contributed by atoms with Crippen LogP contribution in [0.2, 0.25) is 0 Å². The first-order valence-electron chi connectivity index (χ1n) is 6.80. The van der Waals surface area contributed by atoms with Gasteiger partial charge in [-0.25, -0.2) is 0 Å². The van der Waals surface area contributed by atoms with Crippen molar-refractivity contribution < 1.29 is 4.79 Å². The van der Waals surface area contributed by atoms with Crippen LogP contribution >= 0.6 is 24.2 Å². The van der Waals surface area contributed by atoms with Crippen molar-refractivity contribution in [2.75, 3.05) is 25.9 Å². The number of nitrogens with zero attached hydrogens (tertiary/aromatic N) is 1. The van der Waals surface area contributed by atoms with Crippen molar-refractivity contribution in [3.8, 4) is 0 Å². The molecule has 2 fully saturated rings. The first-order chi connectivity index (χ1) is 8.24. The van der Waals surface area contributed by atoms with Crippen LogP contribution in [0.1, 0.15) is 32.6 Å². The minimum Gasteiger partial charge on any atom is -0.338 e. The van der Waals surface area contributed by atoms with E-state index in [9.17, 15) is 4.79 Å². The zero-order valence-electron chi connectivity index (χ0n) is 11.4. The maximum absolute atomic E-state index is 12.4. The number of hydrogen-bond acceptors (Lipinski definition) is 3. The molecule has 3 unspecified atom stereocenters. The van der Waals surface area contributed by atoms with Gasteiger partial charge in [0.05, 0.1) is 0 Å². The van der Waals surface area contributed by atoms with E-state index in [4.69, 9.17) is 0 Å². The molecule has 0 aromatic carbocycles. The molecular formula is C13H25ClN2OS. The molecule has 1 saturated heterocycles. The summed E-state index contributed by atoms with van der Waals surface area (Å²) in [5.41, 5.74) is 0. The number of amides is 1. The van der Waals surface area contributed by atoms with Gasteiger partial charge >= 0.3 is 0 Å². The molecule has 1 aliphatic carbocycles. The molecule has 2 rings (SSSR count). The molecule has 2 aliphatic rings. The van der Waals surface area contributed by atoms with E-state index in [1.165, 1.54) is 25.7 Å². The topological polar surface area (TPSA) is 32.3 Å². The van der Waals surface area contributed by atoms with Crippen molar-refractivity contribution in [1.82, 2.24) is 10.2 Å². The van der Waals surface area contributed by atoms with Gasteiger partial charge in [0.25, 0.3) is 0 Å². The summed E-state index contributed by atoms with van der Waals surface area (Å²) in [6.07, 6.45) is 5.17. The van der Waals surface area contributed by atoms with Crippen molar-refractivity contribution >= 4 is 30.1 Å². The third-order valence-electron chi connectivity index (χ3n) is 3.95. The molecule has 3 atom stereocenters. The van der Waals surface area contributed by atoms with Gasteiger partial charge in [0.2, 0.25) is 5.91 Å². The minimum absolute atomic E-state index is 0. The molecule has 0 bridgehead atoms. The molecule has 5 heteroatoms. The predicted octanol–water partition coefficient (Wildman–Crippen LogP) is 2.15. The van der Waals surface area contributed by atoms with Gasteiger partial charge in [-0.2, -0.15) is 11.8 Å². The molecule has 1 amide bonds. The maximum atomic E-state index is 12.4. The summed E-state index contributed by atoms with van der Waals surface area (Å²) < 4.78 is 0. The number of hydrogen-bond donors (Lipinski definition) is 1. The van der Waals surface area contributed by atoms with Crippen LogP contribution in [-0.4, -0.2) is 48.0 Å². The second kappa shape index (κ2) is 7.61. The summed E-state index contributed by atoms with van der Waals surface area (Å²) in [6, 6.07) is 0.523. The third kappa shape index (κ3) is 3.55. The molecule has 0 radical (unpaired) electrons. The normalized spacial score (nSPS) is 29.1. The van der Waals surface area contributed by atoms with Gasteiger partial charge in [-0.1, -0.05) is 19.8 Å². The SMILES string of the molecule is CNCC(C)C(=O)N1CCSC2CCCCC21.Cl. The van der Waals surface area contributed by atoms with Crippen LogP contribution in [0, 0.1) is 5.92 Å². The zero-order chi connectivity index (χ0) is 12.3. The van der Waals surface area contributed by atoms with Crippen molar-refractivity contribution in [3.05, 3.63) is 0 Å². The van der Waals surface area contributed by atoms with Crippen LogP contribution in [0.5, 0.6) is 0 Å². The lowest BCUT2D eigenvalue weighted by Gasteiger charge is -2.44. The molecule has 0 spiro atoms. The highest BCUT2D eigenvalue weighted by Crippen LogP contribution is 2.35. The molecule has 1 aliphatic heterocycles. The Morgan fingerprint density at radius 2 is 2.17 bits per heavy atom. The lowest BCUT2D eigenvalue weighted by molar-refractivity contribution is -0.137. The highest BCUT2D eigenvalue weighted by Gasteiger charge is 2.37. The van der Waals surface area contributed by atoms with Gasteiger partial charge in [-0.15, -0.1) is 12.4 Å². The molecule has 1 saturated carbocycles. The Morgan fingerprint density at radius 3 is 2.89 bits per heavy atom. The minimum atomic E-state index is 0. The monoisotopic (exact) mass is 292 g/mol. The molecule has 18 heavy (non-hydrogen) atoms. The number of fused-ring (bicyclic) bond motifs is 1. The third-order valence-corrected chi connectivity index (χ3v) is 5.34. The van der Waals surface area contributed by atoms with Gasteiger partial charge < -0.3 is 10.2 Å². The Balaban J connectivity index is 0.00000162. The molecule has 1 N–H and O–H groups in total. The van der Waals surface area contributed by atoms with E-state index in [1.807, 2.05) is 14.0 Å². The number of carbonyl (C=O) groups is 1. The van der Waals surface area contributed by atoms with Gasteiger partial charge in [-0.05, 0) is 19.9 Å². The molecule has 3 nitrogen and oxygen atoms in total. The summed E-state index contributed by atoms with van der Waals surface area (Å²) in [4.78, 5) is 14.6. The molecular weight excluding hydrogens is 268 g/mol. The van der Waals surface area contributed by atoms with Crippen molar-refractivity contribution in [1.29, 1.82) is 0 Å². The fourth-order valence-corrected chi connectivity index (χ4v) is 4.49. The highest BCUT2D eigenvalue weighted by atomic mass is 35.5. The number of nitrogens with one attached hydrogen (secondary N) is 1. The zero-order valence-corrected chi connectivity index (χ0v) is 13.0. The Hall–Kier alpha value is 0.0700. The number of halogens is 1. The van der Waals surface area contributed by atoms with Crippen molar-refractivity contribution in [2.45, 2.75) is 43.9 Å². The maximum Gasteiger partial charge on any atom is 0.226 e. The highest BCUT2D eigenvalue weighted by molar-refractivity contribution is 8.00. The van der Waals surface area contributed by atoms with E-state index in [0.29, 0.717) is 17.2 Å². The first-order valence-corrected chi connectivity index (χ1v) is 7.85. The lowest BCUT2D eigenvalue weighted by Crippen LogP contribution is -2.53. The molecule has 0 aromatic heterocycles. The van der Waals surface area contributed by atoms with Crippen LogP contribution in [0.4, 0.5) is 0 Å². The van der Waals surface area contributed by atoms with E-state index in [1.54, 1.807) is 0 Å². The first kappa shape index (κ1) is 16.1. The predicted molar refractivity (Wildman–Crippen MR) is 80.6 cm³/mol. The van der Waals surface area contributed by atoms with Gasteiger partial charge in [-0.3, -0.25) is 4.79 Å². The quantitative estimate of drug-likeness (QED) is 0.865. The average Bonchev–Trinajstić information content (AvgIpc) is 2.37. The van der Waals surface area contributed by atoms with Crippen LogP contribution in [0.15, 0.2) is 0 Å². The van der Waals surface area contributed by atoms with Crippen molar-refractivity contribution in [2.24, 2.45) is 5.92 Å². The standard InChI is InChI=1S/C13H24N2OS.ClH/c1-10(9-14-2)13(16)15-7-8-17-12-6-4-3-5-11(12)15;/h10-12,14H,3-9H2,1-2H3;1H. The van der Waals surface area contributed by atoms with Crippen LogP contribution in [0.25, 0.3) is 0 Å².